The number of fused-ring (bicyclic) bond motifs is 5. The summed E-state index contributed by atoms with van der Waals surface area (Å²) in [4.78, 5) is 24.8. The van der Waals surface area contributed by atoms with Crippen LogP contribution in [-0.2, 0) is 18.8 Å². The van der Waals surface area contributed by atoms with Gasteiger partial charge in [0, 0.05) is 30.8 Å². The fourth-order valence-corrected chi connectivity index (χ4v) is 8.46. The van der Waals surface area contributed by atoms with E-state index < -0.39 is 8.32 Å². The van der Waals surface area contributed by atoms with Gasteiger partial charge in [0.05, 0.1) is 0 Å². The molecule has 0 amide bonds. The molecule has 4 aliphatic carbocycles. The smallest absolute Gasteiger partial charge is 0.303 e. The molecule has 0 N–H and O–H groups in total. The predicted octanol–water partition coefficient (Wildman–Crippen LogP) is 6.45. The van der Waals surface area contributed by atoms with Crippen molar-refractivity contribution in [3.8, 4) is 0 Å². The Hall–Kier alpha value is -0.943. The number of ether oxygens (including phenoxy) is 1. The highest BCUT2D eigenvalue weighted by Gasteiger charge is 2.61. The van der Waals surface area contributed by atoms with E-state index in [1.54, 1.807) is 0 Å². The van der Waals surface area contributed by atoms with Crippen molar-refractivity contribution in [3.63, 3.8) is 0 Å². The minimum absolute atomic E-state index is 0.0518. The van der Waals surface area contributed by atoms with Gasteiger partial charge in [0.25, 0.3) is 0 Å². The van der Waals surface area contributed by atoms with E-state index in [0.29, 0.717) is 23.5 Å². The number of hydrogen-bond donors (Lipinski definition) is 0. The van der Waals surface area contributed by atoms with Gasteiger partial charge in [-0.2, -0.15) is 0 Å². The summed E-state index contributed by atoms with van der Waals surface area (Å²) in [6.07, 6.45) is 10.3. The van der Waals surface area contributed by atoms with Gasteiger partial charge in [-0.05, 0) is 86.4 Å². The zero-order valence-electron chi connectivity index (χ0n) is 21.4. The highest BCUT2D eigenvalue weighted by molar-refractivity contribution is 6.74. The molecule has 6 atom stereocenters. The summed E-state index contributed by atoms with van der Waals surface area (Å²) in [5.74, 6) is 1.86. The van der Waals surface area contributed by atoms with E-state index in [4.69, 9.17) is 9.16 Å². The second-order valence-corrected chi connectivity index (χ2v) is 17.7. The molecule has 4 nitrogen and oxygen atoms in total. The number of rotatable bonds is 4. The molecule has 3 saturated carbocycles. The van der Waals surface area contributed by atoms with E-state index in [2.05, 4.69) is 46.9 Å². The Morgan fingerprint density at radius 2 is 1.88 bits per heavy atom. The molecule has 5 heteroatoms. The van der Waals surface area contributed by atoms with E-state index in [1.165, 1.54) is 12.5 Å². The standard InChI is InChI=1S/C27H44O4Si/c1-18(28)31-23-9-8-15-27(17-30-32(6,7)25(2,3)4)21-14-16-26(5)20(12-13-24(26)29)19(21)10-11-22(23)27/h11,19-21,23H,8-10,12-17H2,1-7H3/t19-,20-,21-,23-,26-,27-/m0/s1. The Bertz CT molecular complexity index is 809. The summed E-state index contributed by atoms with van der Waals surface area (Å²) in [5, 5.41) is 0.161. The summed E-state index contributed by atoms with van der Waals surface area (Å²) >= 11 is 0. The highest BCUT2D eigenvalue weighted by Crippen LogP contribution is 2.64. The van der Waals surface area contributed by atoms with Crippen LogP contribution in [0.25, 0.3) is 0 Å². The Balaban J connectivity index is 1.72. The van der Waals surface area contributed by atoms with Gasteiger partial charge in [0.1, 0.15) is 11.9 Å². The number of carbonyl (C=O) groups is 2. The van der Waals surface area contributed by atoms with Crippen LogP contribution in [0.1, 0.15) is 86.0 Å². The molecular formula is C27H44O4Si. The van der Waals surface area contributed by atoms with Crippen LogP contribution in [0.4, 0.5) is 0 Å². The van der Waals surface area contributed by atoms with Gasteiger partial charge < -0.3 is 9.16 Å². The van der Waals surface area contributed by atoms with Crippen LogP contribution in [-0.4, -0.2) is 32.8 Å². The van der Waals surface area contributed by atoms with Gasteiger partial charge in [-0.3, -0.25) is 9.59 Å². The Labute approximate surface area is 196 Å². The zero-order chi connectivity index (χ0) is 23.5. The number of ketones is 1. The fraction of sp³-hybridized carbons (Fsp3) is 0.852. The molecule has 0 aliphatic heterocycles. The lowest BCUT2D eigenvalue weighted by Gasteiger charge is -2.59. The fourth-order valence-electron chi connectivity index (χ4n) is 7.40. The number of hydrogen-bond acceptors (Lipinski definition) is 4. The molecule has 32 heavy (non-hydrogen) atoms. The first-order valence-electron chi connectivity index (χ1n) is 12.9. The van der Waals surface area contributed by atoms with Crippen LogP contribution in [0.5, 0.6) is 0 Å². The summed E-state index contributed by atoms with van der Waals surface area (Å²) < 4.78 is 12.8. The van der Waals surface area contributed by atoms with Crippen molar-refractivity contribution in [3.05, 3.63) is 11.6 Å². The maximum Gasteiger partial charge on any atom is 0.303 e. The van der Waals surface area contributed by atoms with Crippen LogP contribution in [0.3, 0.4) is 0 Å². The first-order chi connectivity index (χ1) is 14.8. The van der Waals surface area contributed by atoms with E-state index in [9.17, 15) is 9.59 Å². The van der Waals surface area contributed by atoms with Crippen molar-refractivity contribution in [2.75, 3.05) is 6.61 Å². The molecule has 0 saturated heterocycles. The van der Waals surface area contributed by atoms with Crippen molar-refractivity contribution in [2.45, 2.75) is 110 Å². The van der Waals surface area contributed by atoms with Crippen LogP contribution < -0.4 is 0 Å². The van der Waals surface area contributed by atoms with Gasteiger partial charge >= 0.3 is 5.97 Å². The summed E-state index contributed by atoms with van der Waals surface area (Å²) in [7, 11) is -1.92. The molecule has 0 unspecified atom stereocenters. The van der Waals surface area contributed by atoms with Crippen LogP contribution >= 0.6 is 0 Å². The third kappa shape index (κ3) is 3.75. The van der Waals surface area contributed by atoms with Crippen LogP contribution in [0.2, 0.25) is 18.1 Å². The number of Topliss-reactive ketones (excluding diaryl/α,β-unsaturated/α-hetero) is 1. The van der Waals surface area contributed by atoms with Gasteiger partial charge in [-0.15, -0.1) is 0 Å². The third-order valence-corrected chi connectivity index (χ3v) is 14.8. The van der Waals surface area contributed by atoms with Gasteiger partial charge in [-0.1, -0.05) is 33.8 Å². The second kappa shape index (κ2) is 8.08. The molecule has 4 rings (SSSR count). The summed E-state index contributed by atoms with van der Waals surface area (Å²) in [6.45, 7) is 16.1. The minimum atomic E-state index is -1.92. The minimum Gasteiger partial charge on any atom is -0.458 e. The highest BCUT2D eigenvalue weighted by atomic mass is 28.4. The first kappa shape index (κ1) is 24.2. The lowest BCUT2D eigenvalue weighted by molar-refractivity contribution is -0.149. The number of esters is 1. The topological polar surface area (TPSA) is 52.6 Å². The number of allylic oxidation sites excluding steroid dienone is 1. The summed E-state index contributed by atoms with van der Waals surface area (Å²) in [5.41, 5.74) is 1.16. The molecule has 4 aliphatic rings. The molecule has 0 bridgehead atoms. The van der Waals surface area contributed by atoms with Crippen LogP contribution in [0.15, 0.2) is 11.6 Å². The van der Waals surface area contributed by atoms with Gasteiger partial charge in [0.15, 0.2) is 8.32 Å². The van der Waals surface area contributed by atoms with E-state index >= 15 is 0 Å². The lowest BCUT2D eigenvalue weighted by atomic mass is 9.47. The van der Waals surface area contributed by atoms with Crippen molar-refractivity contribution in [1.82, 2.24) is 0 Å². The Morgan fingerprint density at radius 1 is 1.16 bits per heavy atom. The van der Waals surface area contributed by atoms with E-state index in [1.807, 2.05) is 0 Å². The zero-order valence-corrected chi connectivity index (χ0v) is 22.4. The maximum absolute atomic E-state index is 12.8. The van der Waals surface area contributed by atoms with Crippen molar-refractivity contribution >= 4 is 20.1 Å². The Kier molecular flexibility index (Phi) is 6.10. The molecule has 180 valence electrons. The molecule has 3 fully saturated rings. The largest absolute Gasteiger partial charge is 0.458 e. The number of carbonyl (C=O) groups excluding carboxylic acids is 2. The van der Waals surface area contributed by atoms with Crippen LogP contribution in [0, 0.1) is 28.6 Å². The average Bonchev–Trinajstić information content (AvgIpc) is 3.00. The molecular weight excluding hydrogens is 416 g/mol. The first-order valence-corrected chi connectivity index (χ1v) is 15.8. The molecule has 0 aromatic heterocycles. The summed E-state index contributed by atoms with van der Waals surface area (Å²) in [6, 6.07) is 0. The van der Waals surface area contributed by atoms with E-state index in [-0.39, 0.29) is 27.9 Å². The quantitative estimate of drug-likeness (QED) is 0.275. The lowest BCUT2D eigenvalue weighted by Crippen LogP contribution is -2.56. The van der Waals surface area contributed by atoms with E-state index in [0.717, 1.165) is 58.0 Å². The molecule has 0 aromatic rings. The normalized spacial score (nSPS) is 39.6. The average molecular weight is 461 g/mol. The second-order valence-electron chi connectivity index (χ2n) is 12.9. The molecule has 0 aromatic carbocycles. The monoisotopic (exact) mass is 460 g/mol. The van der Waals surface area contributed by atoms with Crippen molar-refractivity contribution < 1.29 is 18.8 Å². The Morgan fingerprint density at radius 3 is 2.53 bits per heavy atom. The van der Waals surface area contributed by atoms with Crippen molar-refractivity contribution in [1.29, 1.82) is 0 Å². The molecule has 0 radical (unpaired) electrons. The molecule has 0 spiro atoms. The van der Waals surface area contributed by atoms with Gasteiger partial charge in [-0.25, -0.2) is 0 Å². The maximum atomic E-state index is 12.8. The third-order valence-electron chi connectivity index (χ3n) is 10.3. The predicted molar refractivity (Wildman–Crippen MR) is 130 cm³/mol. The van der Waals surface area contributed by atoms with Crippen molar-refractivity contribution in [2.24, 2.45) is 28.6 Å². The SMILES string of the molecule is CC(=O)O[C@H]1CCC[C@@]2(CO[Si](C)(C)C(C)(C)C)C1=CC[C@@H]1[C@@H]2CC[C@]2(C)C(=O)CC[C@@H]12. The van der Waals surface area contributed by atoms with Gasteiger partial charge in [0.2, 0.25) is 0 Å². The molecule has 0 heterocycles.